The smallest absolute Gasteiger partial charge is 0.358 e. The van der Waals surface area contributed by atoms with E-state index in [1.807, 2.05) is 0 Å². The van der Waals surface area contributed by atoms with Crippen LogP contribution in [0.5, 0.6) is 0 Å². The molecule has 0 radical (unpaired) electrons. The van der Waals surface area contributed by atoms with Crippen LogP contribution in [0.15, 0.2) is 35.4 Å². The largest absolute Gasteiger partial charge is 0.389 e. The van der Waals surface area contributed by atoms with Gasteiger partial charge in [0.1, 0.15) is 11.6 Å². The van der Waals surface area contributed by atoms with E-state index in [0.717, 1.165) is 15.6 Å². The van der Waals surface area contributed by atoms with Gasteiger partial charge in [0.15, 0.2) is 0 Å². The van der Waals surface area contributed by atoms with E-state index in [2.05, 4.69) is 10.4 Å². The van der Waals surface area contributed by atoms with Gasteiger partial charge in [-0.25, -0.2) is 0 Å². The zero-order chi connectivity index (χ0) is 23.4. The van der Waals surface area contributed by atoms with Crippen LogP contribution in [-0.2, 0) is 16.1 Å². The first kappa shape index (κ1) is 22.9. The number of carbonyl (C=O) groups excluding carboxylic acids is 3. The summed E-state index contributed by atoms with van der Waals surface area (Å²) in [6.07, 6.45) is 2.62. The highest BCUT2D eigenvalue weighted by molar-refractivity contribution is 8.18. The second kappa shape index (κ2) is 9.57. The van der Waals surface area contributed by atoms with Crippen molar-refractivity contribution in [2.45, 2.75) is 6.54 Å². The molecule has 1 aliphatic heterocycles. The predicted molar refractivity (Wildman–Crippen MR) is 113 cm³/mol. The third kappa shape index (κ3) is 5.28. The van der Waals surface area contributed by atoms with Gasteiger partial charge in [-0.05, 0) is 34.4 Å². The van der Waals surface area contributed by atoms with Gasteiger partial charge in [-0.15, -0.1) is 0 Å². The molecule has 0 saturated carbocycles. The Kier molecular flexibility index (Phi) is 6.85. The van der Waals surface area contributed by atoms with E-state index in [0.29, 0.717) is 17.3 Å². The molecule has 1 aromatic carbocycles. The number of hydrogen-bond acceptors (Lipinski definition) is 9. The van der Waals surface area contributed by atoms with Gasteiger partial charge in [0.25, 0.3) is 16.8 Å². The van der Waals surface area contributed by atoms with E-state index in [4.69, 9.17) is 11.6 Å². The van der Waals surface area contributed by atoms with Gasteiger partial charge >= 0.3 is 5.82 Å². The Balaban J connectivity index is 1.57. The first-order chi connectivity index (χ1) is 15.2. The average molecular weight is 481 g/mol. The minimum absolute atomic E-state index is 0.0417. The van der Waals surface area contributed by atoms with Crippen LogP contribution in [0.25, 0.3) is 6.08 Å². The number of nitro groups is 2. The van der Waals surface area contributed by atoms with E-state index in [9.17, 15) is 34.6 Å². The number of aromatic nitrogens is 2. The lowest BCUT2D eigenvalue weighted by Crippen LogP contribution is -2.38. The second-order valence-corrected chi connectivity index (χ2v) is 7.68. The van der Waals surface area contributed by atoms with E-state index in [-0.39, 0.29) is 35.2 Å². The molecule has 15 heteroatoms. The van der Waals surface area contributed by atoms with Crippen molar-refractivity contribution in [1.82, 2.24) is 20.0 Å². The van der Waals surface area contributed by atoms with E-state index >= 15 is 0 Å². The molecule has 2 aromatic rings. The molecule has 2 heterocycles. The summed E-state index contributed by atoms with van der Waals surface area (Å²) in [5, 5.41) is 27.1. The number of hydrogen-bond donors (Lipinski definition) is 1. The number of amides is 3. The lowest BCUT2D eigenvalue weighted by atomic mass is 10.2. The Morgan fingerprint density at radius 3 is 2.62 bits per heavy atom. The molecule has 13 nitrogen and oxygen atoms in total. The van der Waals surface area contributed by atoms with Gasteiger partial charge in [-0.2, -0.15) is 4.68 Å². The molecule has 0 aliphatic carbocycles. The minimum atomic E-state index is -0.690. The molecule has 1 fully saturated rings. The lowest BCUT2D eigenvalue weighted by Gasteiger charge is -2.12. The van der Waals surface area contributed by atoms with Crippen molar-refractivity contribution in [1.29, 1.82) is 0 Å². The molecule has 0 unspecified atom stereocenters. The van der Waals surface area contributed by atoms with E-state index in [1.165, 1.54) is 30.5 Å². The van der Waals surface area contributed by atoms with Gasteiger partial charge in [-0.1, -0.05) is 17.7 Å². The third-order valence-electron chi connectivity index (χ3n) is 4.12. The number of carbonyl (C=O) groups is 3. The topological polar surface area (TPSA) is 171 Å². The molecule has 1 saturated heterocycles. The first-order valence-corrected chi connectivity index (χ1v) is 9.99. The molecule has 166 valence electrons. The van der Waals surface area contributed by atoms with Crippen molar-refractivity contribution in [3.63, 3.8) is 0 Å². The predicted octanol–water partition coefficient (Wildman–Crippen LogP) is 2.21. The Hall–Kier alpha value is -3.78. The Morgan fingerprint density at radius 2 is 1.97 bits per heavy atom. The van der Waals surface area contributed by atoms with Crippen LogP contribution in [0.1, 0.15) is 5.56 Å². The summed E-state index contributed by atoms with van der Waals surface area (Å²) in [5.74, 6) is -1.51. The molecule has 1 aliphatic rings. The van der Waals surface area contributed by atoms with Crippen LogP contribution < -0.4 is 5.32 Å². The van der Waals surface area contributed by atoms with Crippen LogP contribution in [0, 0.1) is 20.2 Å². The average Bonchev–Trinajstić information content (AvgIpc) is 3.29. The van der Waals surface area contributed by atoms with Gasteiger partial charge in [0.05, 0.1) is 27.2 Å². The standard InChI is InChI=1S/C17H13ClN6O7S/c18-11-2-1-10(7-12(11)23(28)29)8-13-16(26)22(17(27)32-13)6-4-19-15(25)9-21-5-3-14(20-21)24(30)31/h1-3,5,7-8H,4,6,9H2,(H,19,25)/b13-8+. The maximum absolute atomic E-state index is 12.5. The van der Waals surface area contributed by atoms with Crippen LogP contribution >= 0.6 is 23.4 Å². The van der Waals surface area contributed by atoms with Crippen LogP contribution in [0.2, 0.25) is 5.02 Å². The van der Waals surface area contributed by atoms with Crippen molar-refractivity contribution in [3.8, 4) is 0 Å². The molecule has 3 rings (SSSR count). The monoisotopic (exact) mass is 480 g/mol. The third-order valence-corrected chi connectivity index (χ3v) is 5.34. The van der Waals surface area contributed by atoms with E-state index in [1.54, 1.807) is 0 Å². The first-order valence-electron chi connectivity index (χ1n) is 8.79. The number of imide groups is 1. The molecule has 0 atom stereocenters. The van der Waals surface area contributed by atoms with E-state index < -0.39 is 32.7 Å². The van der Waals surface area contributed by atoms with Crippen LogP contribution in [0.4, 0.5) is 16.3 Å². The number of nitro benzene ring substituents is 1. The van der Waals surface area contributed by atoms with Gasteiger partial charge in [0, 0.05) is 19.2 Å². The summed E-state index contributed by atoms with van der Waals surface area (Å²) in [7, 11) is 0. The van der Waals surface area contributed by atoms with Gasteiger partial charge in [0.2, 0.25) is 5.91 Å². The summed E-state index contributed by atoms with van der Waals surface area (Å²) in [6.45, 7) is -0.418. The number of rotatable bonds is 8. The number of nitrogens with one attached hydrogen (secondary N) is 1. The highest BCUT2D eigenvalue weighted by Gasteiger charge is 2.34. The summed E-state index contributed by atoms with van der Waals surface area (Å²) < 4.78 is 1.08. The summed E-state index contributed by atoms with van der Waals surface area (Å²) in [5.41, 5.74) is -0.00177. The maximum atomic E-state index is 12.5. The van der Waals surface area contributed by atoms with Crippen molar-refractivity contribution in [2.24, 2.45) is 0 Å². The number of benzene rings is 1. The molecule has 1 N–H and O–H groups in total. The van der Waals surface area contributed by atoms with Gasteiger partial charge < -0.3 is 15.4 Å². The van der Waals surface area contributed by atoms with Crippen molar-refractivity contribution < 1.29 is 24.2 Å². The van der Waals surface area contributed by atoms with Crippen molar-refractivity contribution in [2.75, 3.05) is 13.1 Å². The van der Waals surface area contributed by atoms with Gasteiger partial charge in [-0.3, -0.25) is 29.4 Å². The fourth-order valence-corrected chi connectivity index (χ4v) is 3.70. The summed E-state index contributed by atoms with van der Waals surface area (Å²) in [4.78, 5) is 57.8. The van der Waals surface area contributed by atoms with Crippen LogP contribution in [-0.4, -0.2) is 54.7 Å². The molecule has 0 spiro atoms. The Bertz CT molecular complexity index is 1160. The SMILES string of the molecule is O=C(Cn1ccc([N+](=O)[O-])n1)NCCN1C(=O)S/C(=C/c2ccc(Cl)c([N+](=O)[O-])c2)C1=O. The quantitative estimate of drug-likeness (QED) is 0.337. The molecular weight excluding hydrogens is 468 g/mol. The zero-order valence-electron chi connectivity index (χ0n) is 16.0. The molecule has 0 bridgehead atoms. The van der Waals surface area contributed by atoms with Crippen molar-refractivity contribution in [3.05, 3.63) is 66.2 Å². The maximum Gasteiger partial charge on any atom is 0.389 e. The normalized spacial score (nSPS) is 14.8. The highest BCUT2D eigenvalue weighted by atomic mass is 35.5. The number of thioether (sulfide) groups is 1. The second-order valence-electron chi connectivity index (χ2n) is 6.28. The lowest BCUT2D eigenvalue weighted by molar-refractivity contribution is -0.389. The molecule has 32 heavy (non-hydrogen) atoms. The Labute approximate surface area is 188 Å². The number of nitrogens with zero attached hydrogens (tertiary/aromatic N) is 5. The summed E-state index contributed by atoms with van der Waals surface area (Å²) in [6, 6.07) is 5.13. The number of halogens is 1. The summed E-state index contributed by atoms with van der Waals surface area (Å²) >= 11 is 6.43. The molecular formula is C17H13ClN6O7S. The fraction of sp³-hybridized carbons (Fsp3) is 0.176. The van der Waals surface area contributed by atoms with Crippen molar-refractivity contribution >= 4 is 58.0 Å². The molecule has 1 aromatic heterocycles. The zero-order valence-corrected chi connectivity index (χ0v) is 17.5. The Morgan fingerprint density at radius 1 is 1.22 bits per heavy atom. The van der Waals surface area contributed by atoms with Crippen LogP contribution in [0.3, 0.4) is 0 Å². The minimum Gasteiger partial charge on any atom is -0.358 e. The molecule has 3 amide bonds. The fourth-order valence-electron chi connectivity index (χ4n) is 2.65. The highest BCUT2D eigenvalue weighted by Crippen LogP contribution is 2.33.